The number of carbonyl (C=O) groups excluding carboxylic acids is 1. The third-order valence-corrected chi connectivity index (χ3v) is 8.37. The van der Waals surface area contributed by atoms with Crippen molar-refractivity contribution in [1.29, 1.82) is 0 Å². The molecule has 0 aliphatic carbocycles. The molecule has 2 aromatic carbocycles. The van der Waals surface area contributed by atoms with E-state index in [0.29, 0.717) is 6.61 Å². The number of anilines is 1. The molecule has 3 aliphatic heterocycles. The first kappa shape index (κ1) is 17.8. The Hall–Kier alpha value is -2.30. The van der Waals surface area contributed by atoms with Crippen LogP contribution in [-0.4, -0.2) is 53.2 Å². The van der Waals surface area contributed by atoms with Gasteiger partial charge in [-0.15, -0.1) is 0 Å². The average Bonchev–Trinajstić information content (AvgIpc) is 2.67. The molecule has 1 fully saturated rings. The quantitative estimate of drug-likeness (QED) is 0.713. The second-order valence-electron chi connectivity index (χ2n) is 7.48. The Morgan fingerprint density at radius 3 is 2.71 bits per heavy atom. The number of hydrazone groups is 1. The van der Waals surface area contributed by atoms with Crippen LogP contribution in [0.2, 0.25) is 4.71 Å². The molecule has 5 rings (SSSR count). The van der Waals surface area contributed by atoms with Crippen molar-refractivity contribution >= 4 is 37.5 Å². The van der Waals surface area contributed by atoms with Crippen LogP contribution < -0.4 is 24.7 Å². The van der Waals surface area contributed by atoms with Crippen LogP contribution >= 0.6 is 0 Å². The molecule has 6 nitrogen and oxygen atoms in total. The van der Waals surface area contributed by atoms with Gasteiger partial charge in [0.2, 0.25) is 0 Å². The second kappa shape index (κ2) is 6.94. The molecule has 1 radical (unpaired) electrons. The van der Waals surface area contributed by atoms with Crippen molar-refractivity contribution in [1.82, 2.24) is 10.7 Å². The number of amidine groups is 1. The van der Waals surface area contributed by atoms with Gasteiger partial charge in [-0.1, -0.05) is 0 Å². The Morgan fingerprint density at radius 2 is 2.00 bits per heavy atom. The number of ether oxygens (including phenoxy) is 1. The molecule has 2 aromatic rings. The van der Waals surface area contributed by atoms with Crippen LogP contribution in [0.15, 0.2) is 41.5 Å². The molecule has 7 heteroatoms. The van der Waals surface area contributed by atoms with E-state index in [-0.39, 0.29) is 27.7 Å². The molecule has 1 saturated heterocycles. The van der Waals surface area contributed by atoms with Crippen molar-refractivity contribution in [3.05, 3.63) is 42.0 Å². The summed E-state index contributed by atoms with van der Waals surface area (Å²) in [6.07, 6.45) is 0. The summed E-state index contributed by atoms with van der Waals surface area (Å²) in [5.41, 5.74) is 7.28. The summed E-state index contributed by atoms with van der Waals surface area (Å²) in [4.78, 5) is 14.2. The first-order valence-electron chi connectivity index (χ1n) is 9.55. The van der Waals surface area contributed by atoms with Gasteiger partial charge < -0.3 is 0 Å². The normalized spacial score (nSPS) is 21.5. The fourth-order valence-corrected chi connectivity index (χ4v) is 6.55. The van der Waals surface area contributed by atoms with Crippen LogP contribution in [0, 0.1) is 6.92 Å². The van der Waals surface area contributed by atoms with Gasteiger partial charge in [-0.05, 0) is 0 Å². The van der Waals surface area contributed by atoms with Gasteiger partial charge in [-0.2, -0.15) is 0 Å². The molecule has 2 N–H and O–H groups in total. The minimum absolute atomic E-state index is 0.0135. The molecule has 3 heterocycles. The summed E-state index contributed by atoms with van der Waals surface area (Å²) < 4.78 is 8.15. The first-order chi connectivity index (χ1) is 13.6. The van der Waals surface area contributed by atoms with E-state index in [1.807, 2.05) is 11.8 Å². The van der Waals surface area contributed by atoms with E-state index in [4.69, 9.17) is 4.74 Å². The van der Waals surface area contributed by atoms with E-state index < -0.39 is 0 Å². The number of hydrogen-bond acceptors (Lipinski definition) is 5. The summed E-state index contributed by atoms with van der Waals surface area (Å²) in [7, 11) is 0. The van der Waals surface area contributed by atoms with Crippen molar-refractivity contribution in [3.8, 4) is 16.9 Å². The molecule has 143 valence electrons. The second-order valence-corrected chi connectivity index (χ2v) is 10.6. The molecular weight excluding hydrogens is 415 g/mol. The number of fused-ring (bicyclic) bond motifs is 3. The fourth-order valence-electron chi connectivity index (χ4n) is 3.69. The molecule has 0 saturated carbocycles. The maximum atomic E-state index is 12.2. The van der Waals surface area contributed by atoms with E-state index in [0.717, 1.165) is 35.1 Å². The van der Waals surface area contributed by atoms with Gasteiger partial charge in [0.25, 0.3) is 0 Å². The third kappa shape index (κ3) is 3.01. The zero-order valence-corrected chi connectivity index (χ0v) is 17.8. The summed E-state index contributed by atoms with van der Waals surface area (Å²) in [6.45, 7) is 6.57. The monoisotopic (exact) mass is 437 g/mol. The summed E-state index contributed by atoms with van der Waals surface area (Å²) in [6, 6.07) is 12.8. The number of nitrogens with one attached hydrogen (secondary N) is 2. The van der Waals surface area contributed by atoms with Crippen LogP contribution in [0.3, 0.4) is 0 Å². The van der Waals surface area contributed by atoms with Gasteiger partial charge in [0, 0.05) is 0 Å². The molecule has 0 bridgehead atoms. The molecular formula is C21H22AsN4O2. The molecule has 28 heavy (non-hydrogen) atoms. The van der Waals surface area contributed by atoms with Crippen LogP contribution in [-0.2, 0) is 4.79 Å². The van der Waals surface area contributed by atoms with E-state index in [1.165, 1.54) is 21.0 Å². The van der Waals surface area contributed by atoms with Gasteiger partial charge in [0.05, 0.1) is 0 Å². The van der Waals surface area contributed by atoms with E-state index in [2.05, 4.69) is 59.2 Å². The van der Waals surface area contributed by atoms with Crippen molar-refractivity contribution in [2.24, 2.45) is 5.10 Å². The predicted molar refractivity (Wildman–Crippen MR) is 112 cm³/mol. The van der Waals surface area contributed by atoms with Gasteiger partial charge in [-0.3, -0.25) is 0 Å². The molecule has 3 aliphatic rings. The predicted octanol–water partition coefficient (Wildman–Crippen LogP) is 1.41. The van der Waals surface area contributed by atoms with Crippen LogP contribution in [0.4, 0.5) is 5.69 Å². The maximum absolute atomic E-state index is 12.2. The fraction of sp³-hybridized carbons (Fsp3) is 0.333. The molecule has 1 unspecified atom stereocenters. The SMILES string of the molecule is Cc1ccc(-c2cc3c(cc2[As]C2CNC2)N2C(=NNC(=O)C2C)CO3)cc1. The number of nitrogens with zero attached hydrogens (tertiary/aromatic N) is 2. The van der Waals surface area contributed by atoms with Crippen molar-refractivity contribution in [2.45, 2.75) is 24.6 Å². The van der Waals surface area contributed by atoms with Crippen molar-refractivity contribution in [2.75, 3.05) is 24.6 Å². The van der Waals surface area contributed by atoms with E-state index in [9.17, 15) is 4.79 Å². The standard InChI is InChI=1S/C21H22AsN4O2/c1-12-3-5-14(6-4-12)16-7-19-18(8-17(16)22-15-9-23-10-15)26-13(2)21(27)25-24-20(26)11-28-19/h3-8,13,15,23H,9-11H2,1-2H3,(H,25,27). The average molecular weight is 437 g/mol. The van der Waals surface area contributed by atoms with Crippen LogP contribution in [0.5, 0.6) is 5.75 Å². The number of rotatable bonds is 3. The Kier molecular flexibility index (Phi) is 4.41. The van der Waals surface area contributed by atoms with Gasteiger partial charge >= 0.3 is 171 Å². The van der Waals surface area contributed by atoms with Gasteiger partial charge in [0.1, 0.15) is 0 Å². The number of carbonyl (C=O) groups is 1. The first-order valence-corrected chi connectivity index (χ1v) is 11.6. The topological polar surface area (TPSA) is 66.0 Å². The summed E-state index contributed by atoms with van der Waals surface area (Å²) >= 11 is 0.0135. The zero-order valence-electron chi connectivity index (χ0n) is 15.9. The summed E-state index contributed by atoms with van der Waals surface area (Å²) in [5, 5.41) is 7.59. The number of aryl methyl sites for hydroxylation is 1. The zero-order chi connectivity index (χ0) is 19.3. The van der Waals surface area contributed by atoms with E-state index in [1.54, 1.807) is 0 Å². The minimum atomic E-state index is -0.296. The Morgan fingerprint density at radius 1 is 1.21 bits per heavy atom. The molecule has 1 amide bonds. The Balaban J connectivity index is 1.63. The Bertz CT molecular complexity index is 969. The van der Waals surface area contributed by atoms with Gasteiger partial charge in [0.15, 0.2) is 0 Å². The van der Waals surface area contributed by atoms with Crippen molar-refractivity contribution < 1.29 is 9.53 Å². The number of benzene rings is 2. The van der Waals surface area contributed by atoms with E-state index >= 15 is 0 Å². The number of hydrogen-bond donors (Lipinski definition) is 2. The molecule has 0 spiro atoms. The molecule has 0 aromatic heterocycles. The van der Waals surface area contributed by atoms with Crippen LogP contribution in [0.1, 0.15) is 12.5 Å². The van der Waals surface area contributed by atoms with Crippen molar-refractivity contribution in [3.63, 3.8) is 0 Å². The summed E-state index contributed by atoms with van der Waals surface area (Å²) in [5.74, 6) is 1.50. The molecule has 1 atom stereocenters. The van der Waals surface area contributed by atoms with Gasteiger partial charge in [-0.25, -0.2) is 0 Å². The third-order valence-electron chi connectivity index (χ3n) is 5.48. The Labute approximate surface area is 171 Å². The van der Waals surface area contributed by atoms with Crippen LogP contribution in [0.25, 0.3) is 11.1 Å². The number of amides is 1.